The first-order chi connectivity index (χ1) is 15.7. The van der Waals surface area contributed by atoms with E-state index in [-0.39, 0.29) is 22.4 Å². The van der Waals surface area contributed by atoms with Crippen LogP contribution in [0.25, 0.3) is 11.1 Å². The van der Waals surface area contributed by atoms with E-state index >= 15 is 4.39 Å². The molecular formula is C23H25F5N2O3S. The minimum Gasteiger partial charge on any atom is -0.381 e. The van der Waals surface area contributed by atoms with Gasteiger partial charge in [0.15, 0.2) is 0 Å². The first-order valence-electron chi connectivity index (χ1n) is 10.5. The number of rotatable bonds is 7. The van der Waals surface area contributed by atoms with Gasteiger partial charge in [0.2, 0.25) is 0 Å². The maximum Gasteiger partial charge on any atom is 0.283 e. The van der Waals surface area contributed by atoms with Crippen molar-refractivity contribution in [1.29, 1.82) is 0 Å². The van der Waals surface area contributed by atoms with Gasteiger partial charge < -0.3 is 10.0 Å². The van der Waals surface area contributed by atoms with Gasteiger partial charge in [-0.2, -0.15) is 0 Å². The molecule has 1 aliphatic heterocycles. The molecule has 2 N–H and O–H groups in total. The zero-order valence-electron chi connectivity index (χ0n) is 18.7. The minimum absolute atomic E-state index is 0.0215. The first-order valence-corrected chi connectivity index (χ1v) is 11.9. The Bertz CT molecular complexity index is 1090. The van der Waals surface area contributed by atoms with Gasteiger partial charge in [-0.1, -0.05) is 25.1 Å². The summed E-state index contributed by atoms with van der Waals surface area (Å²) in [5.74, 6) is -7.21. The van der Waals surface area contributed by atoms with E-state index < -0.39 is 70.9 Å². The van der Waals surface area contributed by atoms with Crippen LogP contribution in [0.5, 0.6) is 0 Å². The average Bonchev–Trinajstić information content (AvgIpc) is 2.97. The van der Waals surface area contributed by atoms with E-state index in [1.165, 1.54) is 25.1 Å². The lowest BCUT2D eigenvalue weighted by molar-refractivity contribution is -0.149. The van der Waals surface area contributed by atoms with Crippen LogP contribution in [-0.2, 0) is 22.2 Å². The Balaban J connectivity index is 2.05. The summed E-state index contributed by atoms with van der Waals surface area (Å²) in [6.45, 7) is 2.76. The Morgan fingerprint density at radius 1 is 1.21 bits per heavy atom. The second-order valence-corrected chi connectivity index (χ2v) is 10.2. The molecule has 1 saturated heterocycles. The molecule has 1 amide bonds. The molecule has 1 aliphatic rings. The Labute approximate surface area is 196 Å². The molecule has 1 unspecified atom stereocenters. The lowest BCUT2D eigenvalue weighted by Gasteiger charge is -2.32. The third-order valence-electron chi connectivity index (χ3n) is 5.61. The lowest BCUT2D eigenvalue weighted by atomic mass is 9.94. The predicted molar refractivity (Wildman–Crippen MR) is 118 cm³/mol. The Hall–Kier alpha value is -2.37. The quantitative estimate of drug-likeness (QED) is 0.567. The molecule has 0 bridgehead atoms. The average molecular weight is 505 g/mol. The summed E-state index contributed by atoms with van der Waals surface area (Å²) in [5.41, 5.74) is -2.30. The van der Waals surface area contributed by atoms with Crippen LogP contribution in [-0.4, -0.2) is 56.0 Å². The molecule has 0 radical (unpaired) electrons. The van der Waals surface area contributed by atoms with Crippen molar-refractivity contribution in [1.82, 2.24) is 9.62 Å². The SMILES string of the molecule is CCS(=O)N[C@@H]1[C@H](Cc2cccc(-c3cc(F)cc(F)c3)c2F)N(C(=O)C(C)(C)O)CC1(F)F. The minimum atomic E-state index is -3.52. The van der Waals surface area contributed by atoms with Gasteiger partial charge in [-0.15, -0.1) is 0 Å². The first kappa shape index (κ1) is 26.2. The van der Waals surface area contributed by atoms with Crippen LogP contribution in [0.3, 0.4) is 0 Å². The molecule has 2 aromatic carbocycles. The van der Waals surface area contributed by atoms with Gasteiger partial charge in [-0.3, -0.25) is 4.79 Å². The highest BCUT2D eigenvalue weighted by Crippen LogP contribution is 2.37. The highest BCUT2D eigenvalue weighted by molar-refractivity contribution is 7.83. The van der Waals surface area contributed by atoms with Crippen LogP contribution in [0, 0.1) is 17.5 Å². The molecule has 0 spiro atoms. The molecule has 186 valence electrons. The number of nitrogens with zero attached hydrogens (tertiary/aromatic N) is 1. The molecule has 2 aromatic rings. The van der Waals surface area contributed by atoms with Gasteiger partial charge in [-0.05, 0) is 43.5 Å². The summed E-state index contributed by atoms with van der Waals surface area (Å²) in [7, 11) is -1.84. The van der Waals surface area contributed by atoms with Crippen molar-refractivity contribution in [3.05, 3.63) is 59.4 Å². The van der Waals surface area contributed by atoms with Crippen molar-refractivity contribution in [2.75, 3.05) is 12.3 Å². The van der Waals surface area contributed by atoms with Crippen LogP contribution in [0.2, 0.25) is 0 Å². The highest BCUT2D eigenvalue weighted by Gasteiger charge is 2.57. The summed E-state index contributed by atoms with van der Waals surface area (Å²) >= 11 is 0. The number of carbonyl (C=O) groups excluding carboxylic acids is 1. The Morgan fingerprint density at radius 2 is 1.82 bits per heavy atom. The maximum absolute atomic E-state index is 15.4. The van der Waals surface area contributed by atoms with E-state index in [9.17, 15) is 31.7 Å². The lowest BCUT2D eigenvalue weighted by Crippen LogP contribution is -2.53. The van der Waals surface area contributed by atoms with Crippen LogP contribution < -0.4 is 4.72 Å². The van der Waals surface area contributed by atoms with Crippen molar-refractivity contribution in [2.45, 2.75) is 50.8 Å². The second kappa shape index (κ2) is 9.71. The third-order valence-corrected chi connectivity index (χ3v) is 6.65. The van der Waals surface area contributed by atoms with Gasteiger partial charge in [0.25, 0.3) is 11.8 Å². The van der Waals surface area contributed by atoms with E-state index in [1.807, 2.05) is 0 Å². The largest absolute Gasteiger partial charge is 0.381 e. The molecule has 3 rings (SSSR count). The number of nitrogens with one attached hydrogen (secondary N) is 1. The number of carbonyl (C=O) groups is 1. The summed E-state index contributed by atoms with van der Waals surface area (Å²) in [4.78, 5) is 13.5. The van der Waals surface area contributed by atoms with E-state index in [0.29, 0.717) is 6.07 Å². The Kier molecular flexibility index (Phi) is 7.49. The molecule has 1 fully saturated rings. The molecule has 0 aromatic heterocycles. The monoisotopic (exact) mass is 504 g/mol. The van der Waals surface area contributed by atoms with Gasteiger partial charge in [0, 0.05) is 17.4 Å². The van der Waals surface area contributed by atoms with Crippen LogP contribution in [0.4, 0.5) is 22.0 Å². The highest BCUT2D eigenvalue weighted by atomic mass is 32.2. The molecule has 11 heteroatoms. The van der Waals surface area contributed by atoms with E-state index in [4.69, 9.17) is 0 Å². The molecule has 0 aliphatic carbocycles. The van der Waals surface area contributed by atoms with Gasteiger partial charge >= 0.3 is 0 Å². The standard InChI is InChI=1S/C23H25F5N2O3S/c1-4-34(33)29-20-18(30(12-23(20,27)28)21(31)22(2,3)32)10-13-6-5-7-17(19(13)26)14-8-15(24)11-16(25)9-14/h5-9,11,18,20,29,32H,4,10,12H2,1-3H3/t18-,20+,34?/m0/s1. The number of aliphatic hydroxyl groups is 1. The normalized spacial score (nSPS) is 21.0. The number of amides is 1. The van der Waals surface area contributed by atoms with Crippen molar-refractivity contribution in [3.63, 3.8) is 0 Å². The van der Waals surface area contributed by atoms with Gasteiger partial charge in [0.1, 0.15) is 29.1 Å². The fourth-order valence-corrected chi connectivity index (χ4v) is 4.77. The number of benzene rings is 2. The van der Waals surface area contributed by atoms with Crippen molar-refractivity contribution in [2.24, 2.45) is 0 Å². The maximum atomic E-state index is 15.4. The molecule has 5 nitrogen and oxygen atoms in total. The van der Waals surface area contributed by atoms with Crippen molar-refractivity contribution in [3.8, 4) is 11.1 Å². The fourth-order valence-electron chi connectivity index (χ4n) is 3.99. The van der Waals surface area contributed by atoms with Crippen molar-refractivity contribution < 1.29 is 36.1 Å². The van der Waals surface area contributed by atoms with Gasteiger partial charge in [-0.25, -0.2) is 30.9 Å². The summed E-state index contributed by atoms with van der Waals surface area (Å²) in [6, 6.07) is 3.37. The molecule has 3 atom stereocenters. The van der Waals surface area contributed by atoms with Crippen LogP contribution >= 0.6 is 0 Å². The number of hydrogen-bond donors (Lipinski definition) is 2. The molecule has 0 saturated carbocycles. The van der Waals surface area contributed by atoms with E-state index in [0.717, 1.165) is 30.9 Å². The number of halogens is 5. The second-order valence-electron chi connectivity index (χ2n) is 8.69. The topological polar surface area (TPSA) is 69.6 Å². The van der Waals surface area contributed by atoms with E-state index in [1.54, 1.807) is 0 Å². The van der Waals surface area contributed by atoms with Gasteiger partial charge in [0.05, 0.1) is 23.6 Å². The zero-order chi connectivity index (χ0) is 25.4. The Morgan fingerprint density at radius 3 is 2.38 bits per heavy atom. The number of alkyl halides is 2. The zero-order valence-corrected chi connectivity index (χ0v) is 19.6. The summed E-state index contributed by atoms with van der Waals surface area (Å²) in [6.07, 6.45) is -0.423. The van der Waals surface area contributed by atoms with Crippen LogP contribution in [0.15, 0.2) is 36.4 Å². The molecule has 34 heavy (non-hydrogen) atoms. The third kappa shape index (κ3) is 5.47. The fraction of sp³-hybridized carbons (Fsp3) is 0.435. The smallest absolute Gasteiger partial charge is 0.283 e. The van der Waals surface area contributed by atoms with E-state index in [2.05, 4.69) is 4.72 Å². The summed E-state index contributed by atoms with van der Waals surface area (Å²) < 4.78 is 87.0. The molecule has 1 heterocycles. The van der Waals surface area contributed by atoms with Crippen LogP contribution in [0.1, 0.15) is 26.3 Å². The number of hydrogen-bond acceptors (Lipinski definition) is 3. The number of likely N-dealkylation sites (tertiary alicyclic amines) is 1. The molecular weight excluding hydrogens is 479 g/mol. The van der Waals surface area contributed by atoms with Crippen molar-refractivity contribution >= 4 is 16.9 Å². The predicted octanol–water partition coefficient (Wildman–Crippen LogP) is 3.57. The summed E-state index contributed by atoms with van der Waals surface area (Å²) in [5, 5.41) is 10.2.